The summed E-state index contributed by atoms with van der Waals surface area (Å²) in [5.74, 6) is -0.465. The van der Waals surface area contributed by atoms with Crippen molar-refractivity contribution in [1.29, 1.82) is 0 Å². The van der Waals surface area contributed by atoms with E-state index in [9.17, 15) is 9.59 Å². The lowest BCUT2D eigenvalue weighted by molar-refractivity contribution is -0.152. The summed E-state index contributed by atoms with van der Waals surface area (Å²) in [6, 6.07) is 16.9. The molecular weight excluding hydrogens is 538 g/mol. The van der Waals surface area contributed by atoms with Crippen molar-refractivity contribution >= 4 is 34.6 Å². The van der Waals surface area contributed by atoms with E-state index in [0.29, 0.717) is 22.7 Å². The van der Waals surface area contributed by atoms with Crippen LogP contribution in [0, 0.1) is 20.8 Å². The van der Waals surface area contributed by atoms with Crippen molar-refractivity contribution < 1.29 is 19.1 Å². The van der Waals surface area contributed by atoms with Crippen LogP contribution < -0.4 is 0 Å². The predicted octanol–water partition coefficient (Wildman–Crippen LogP) is 7.27. The monoisotopic (exact) mass is 573 g/mol. The van der Waals surface area contributed by atoms with Gasteiger partial charge in [-0.1, -0.05) is 54.1 Å². The van der Waals surface area contributed by atoms with E-state index in [1.165, 1.54) is 4.90 Å². The lowest BCUT2D eigenvalue weighted by Gasteiger charge is -2.32. The first kappa shape index (κ1) is 28.8. The number of ether oxygens (including phenoxy) is 2. The number of hydrogen-bond acceptors (Lipinski definition) is 5. The first-order valence-corrected chi connectivity index (χ1v) is 14.2. The molecule has 1 fully saturated rings. The van der Waals surface area contributed by atoms with Gasteiger partial charge in [-0.05, 0) is 76.8 Å². The third kappa shape index (κ3) is 5.48. The number of hydrogen-bond donors (Lipinski definition) is 0. The quantitative estimate of drug-likeness (QED) is 0.242. The van der Waals surface area contributed by atoms with Crippen LogP contribution in [0.2, 0.25) is 5.02 Å². The van der Waals surface area contributed by atoms with Gasteiger partial charge in [0, 0.05) is 40.0 Å². The van der Waals surface area contributed by atoms with Gasteiger partial charge < -0.3 is 14.0 Å². The van der Waals surface area contributed by atoms with Crippen LogP contribution in [0.3, 0.4) is 0 Å². The molecule has 2 aromatic heterocycles. The molecule has 1 aliphatic heterocycles. The Morgan fingerprint density at radius 2 is 1.76 bits per heavy atom. The number of cyclic esters (lactones) is 1. The zero-order valence-corrected chi connectivity index (χ0v) is 25.4. The van der Waals surface area contributed by atoms with Gasteiger partial charge in [-0.3, -0.25) is 4.79 Å². The van der Waals surface area contributed by atoms with Gasteiger partial charge in [-0.2, -0.15) is 0 Å². The van der Waals surface area contributed by atoms with Crippen molar-refractivity contribution in [2.24, 2.45) is 7.05 Å². The van der Waals surface area contributed by atoms with Gasteiger partial charge in [0.2, 0.25) is 0 Å². The second kappa shape index (κ2) is 11.0. The summed E-state index contributed by atoms with van der Waals surface area (Å²) in [4.78, 5) is 33.9. The molecule has 0 unspecified atom stereocenters. The minimum atomic E-state index is -1.11. The van der Waals surface area contributed by atoms with Crippen LogP contribution >= 0.6 is 11.6 Å². The van der Waals surface area contributed by atoms with E-state index < -0.39 is 29.7 Å². The molecule has 0 radical (unpaired) electrons. The fourth-order valence-electron chi connectivity index (χ4n) is 5.61. The number of rotatable bonds is 6. The van der Waals surface area contributed by atoms with Gasteiger partial charge in [-0.25, -0.2) is 14.7 Å². The molecule has 4 aromatic rings. The van der Waals surface area contributed by atoms with Crippen LogP contribution in [-0.2, 0) is 27.7 Å². The van der Waals surface area contributed by atoms with Gasteiger partial charge in [0.05, 0.1) is 11.6 Å². The Kier molecular flexibility index (Phi) is 7.70. The zero-order valence-electron chi connectivity index (χ0n) is 24.6. The maximum absolute atomic E-state index is 14.6. The Morgan fingerprint density at radius 3 is 2.39 bits per heavy atom. The molecule has 8 heteroatoms. The molecule has 0 aliphatic carbocycles. The summed E-state index contributed by atoms with van der Waals surface area (Å²) in [7, 11) is 1.99. The summed E-state index contributed by atoms with van der Waals surface area (Å²) in [6.45, 7) is 11.8. The highest BCUT2D eigenvalue weighted by atomic mass is 35.5. The first-order valence-electron chi connectivity index (χ1n) is 13.8. The van der Waals surface area contributed by atoms with E-state index in [1.807, 2.05) is 89.3 Å². The number of nitrogens with zero attached hydrogens (tertiary/aromatic N) is 3. The van der Waals surface area contributed by atoms with Gasteiger partial charge in [0.25, 0.3) is 5.91 Å². The minimum absolute atomic E-state index is 0.124. The van der Waals surface area contributed by atoms with Crippen LogP contribution in [0.25, 0.3) is 22.2 Å². The number of aryl methyl sites for hydroxylation is 3. The van der Waals surface area contributed by atoms with E-state index >= 15 is 0 Å². The predicted molar refractivity (Wildman–Crippen MR) is 161 cm³/mol. The van der Waals surface area contributed by atoms with Crippen molar-refractivity contribution in [1.82, 2.24) is 14.5 Å². The van der Waals surface area contributed by atoms with Crippen LogP contribution in [0.5, 0.6) is 0 Å². The summed E-state index contributed by atoms with van der Waals surface area (Å²) in [5, 5.41) is 1.55. The SMILES string of the molecule is Cc1nc2c(c(C)c(C)n2C)c(-c2ccc(Cl)cc2)c1[C@H](OC(C)(C)C)C(=O)N1C(=O)OC[C@H]1Cc1ccccc1. The Hall–Kier alpha value is -3.68. The molecule has 214 valence electrons. The molecule has 0 spiro atoms. The molecule has 2 atom stereocenters. The smallest absolute Gasteiger partial charge is 0.417 e. The summed E-state index contributed by atoms with van der Waals surface area (Å²) >= 11 is 6.28. The van der Waals surface area contributed by atoms with Gasteiger partial charge in [0.1, 0.15) is 12.3 Å². The molecule has 41 heavy (non-hydrogen) atoms. The molecular formula is C33H36ClN3O4. The Labute approximate surface area is 246 Å². The molecule has 2 aromatic carbocycles. The highest BCUT2D eigenvalue weighted by molar-refractivity contribution is 6.30. The van der Waals surface area contributed by atoms with Crippen LogP contribution in [-0.4, -0.2) is 44.7 Å². The lowest BCUT2D eigenvalue weighted by Crippen LogP contribution is -2.45. The third-order valence-corrected chi connectivity index (χ3v) is 8.00. The number of imide groups is 1. The molecule has 5 rings (SSSR count). The average Bonchev–Trinajstić information content (AvgIpc) is 3.38. The Bertz CT molecular complexity index is 1620. The molecule has 0 bridgehead atoms. The molecule has 0 saturated carbocycles. The maximum Gasteiger partial charge on any atom is 0.417 e. The highest BCUT2D eigenvalue weighted by Gasteiger charge is 2.44. The average molecular weight is 574 g/mol. The number of amides is 2. The van der Waals surface area contributed by atoms with Crippen molar-refractivity contribution in [2.45, 2.75) is 65.7 Å². The molecule has 2 amide bonds. The number of halogens is 1. The number of carbonyl (C=O) groups excluding carboxylic acids is 2. The van der Waals surface area contributed by atoms with Crippen LogP contribution in [0.4, 0.5) is 4.79 Å². The van der Waals surface area contributed by atoms with Crippen molar-refractivity contribution in [3.05, 3.63) is 87.7 Å². The summed E-state index contributed by atoms with van der Waals surface area (Å²) in [6.07, 6.45) is -1.29. The standard InChI is InChI=1S/C33H36ClN3O4/c1-19-21(3)36(7)30-26(19)28(23-13-15-24(34)16-14-23)27(20(2)35-30)29(41-33(4,5)6)31(38)37-25(18-40-32(37)39)17-22-11-9-8-10-12-22/h8-16,25,29H,17-18H2,1-7H3/t25-,29+/m1/s1. The van der Waals surface area contributed by atoms with Crippen LogP contribution in [0.15, 0.2) is 54.6 Å². The number of benzene rings is 2. The van der Waals surface area contributed by atoms with Gasteiger partial charge >= 0.3 is 6.09 Å². The zero-order chi connectivity index (χ0) is 29.6. The second-order valence-electron chi connectivity index (χ2n) is 11.7. The maximum atomic E-state index is 14.6. The Balaban J connectivity index is 1.73. The van der Waals surface area contributed by atoms with E-state index in [0.717, 1.165) is 39.0 Å². The second-order valence-corrected chi connectivity index (χ2v) is 12.1. The van der Waals surface area contributed by atoms with Crippen molar-refractivity contribution in [3.63, 3.8) is 0 Å². The molecule has 7 nitrogen and oxygen atoms in total. The number of carbonyl (C=O) groups is 2. The number of pyridine rings is 1. The third-order valence-electron chi connectivity index (χ3n) is 7.75. The van der Waals surface area contributed by atoms with Gasteiger partial charge in [-0.15, -0.1) is 0 Å². The fraction of sp³-hybridized carbons (Fsp3) is 0.364. The topological polar surface area (TPSA) is 73.7 Å². The molecule has 3 heterocycles. The van der Waals surface area contributed by atoms with Crippen molar-refractivity contribution in [2.75, 3.05) is 6.61 Å². The van der Waals surface area contributed by atoms with E-state index in [-0.39, 0.29) is 6.61 Å². The summed E-state index contributed by atoms with van der Waals surface area (Å²) in [5.41, 5.74) is 6.27. The van der Waals surface area contributed by atoms with E-state index in [2.05, 4.69) is 18.4 Å². The number of aromatic nitrogens is 2. The Morgan fingerprint density at radius 1 is 1.10 bits per heavy atom. The fourth-order valence-corrected chi connectivity index (χ4v) is 5.73. The minimum Gasteiger partial charge on any atom is -0.447 e. The van der Waals surface area contributed by atoms with Gasteiger partial charge in [0.15, 0.2) is 6.10 Å². The molecule has 0 N–H and O–H groups in total. The van der Waals surface area contributed by atoms with Crippen molar-refractivity contribution in [3.8, 4) is 11.1 Å². The van der Waals surface area contributed by atoms with E-state index in [1.54, 1.807) is 0 Å². The van der Waals surface area contributed by atoms with Crippen LogP contribution in [0.1, 0.15) is 55.0 Å². The number of fused-ring (bicyclic) bond motifs is 1. The largest absolute Gasteiger partial charge is 0.447 e. The molecule has 1 aliphatic rings. The summed E-state index contributed by atoms with van der Waals surface area (Å²) < 4.78 is 14.1. The first-order chi connectivity index (χ1) is 19.4. The highest BCUT2D eigenvalue weighted by Crippen LogP contribution is 2.43. The van der Waals surface area contributed by atoms with E-state index in [4.69, 9.17) is 26.1 Å². The lowest BCUT2D eigenvalue weighted by atomic mass is 9.90. The normalized spacial score (nSPS) is 16.3. The molecule has 1 saturated heterocycles.